The Labute approximate surface area is 185 Å². The van der Waals surface area contributed by atoms with E-state index in [1.54, 1.807) is 7.11 Å². The molecule has 0 unspecified atom stereocenters. The Hall–Kier alpha value is -2.40. The fraction of sp³-hybridized carbons (Fsp3) is 0.538. The van der Waals surface area contributed by atoms with E-state index in [1.807, 2.05) is 27.7 Å². The van der Waals surface area contributed by atoms with Crippen LogP contribution in [0, 0.1) is 6.92 Å². The summed E-state index contributed by atoms with van der Waals surface area (Å²) < 4.78 is 11.1. The van der Waals surface area contributed by atoms with Crippen LogP contribution in [0.1, 0.15) is 97.1 Å². The van der Waals surface area contributed by atoms with Gasteiger partial charge in [-0.3, -0.25) is 4.79 Å². The summed E-state index contributed by atoms with van der Waals surface area (Å²) in [6.45, 7) is 13.9. The number of methoxy groups -OCH3 is 1. The van der Waals surface area contributed by atoms with Crippen molar-refractivity contribution in [2.75, 3.05) is 7.11 Å². The van der Waals surface area contributed by atoms with Crippen LogP contribution in [-0.4, -0.2) is 35.6 Å². The zero-order valence-corrected chi connectivity index (χ0v) is 20.0. The maximum atomic E-state index is 13.0. The van der Waals surface area contributed by atoms with E-state index in [-0.39, 0.29) is 17.1 Å². The van der Waals surface area contributed by atoms with E-state index in [2.05, 4.69) is 50.0 Å². The molecule has 0 radical (unpaired) electrons. The number of rotatable bonds is 5. The number of aromatic nitrogens is 1. The normalized spacial score (nSPS) is 17.9. The minimum atomic E-state index is -0.601. The molecule has 0 bridgehead atoms. The van der Waals surface area contributed by atoms with Crippen LogP contribution in [-0.2, 0) is 21.3 Å². The number of Topliss-reactive ketones (excluding diaryl/α,β-unsaturated/α-hetero) is 1. The highest BCUT2D eigenvalue weighted by Crippen LogP contribution is 2.36. The molecule has 0 fully saturated rings. The molecule has 5 heteroatoms. The van der Waals surface area contributed by atoms with Crippen molar-refractivity contribution in [3.05, 3.63) is 57.9 Å². The average Bonchev–Trinajstić information content (AvgIpc) is 3.04. The third-order valence-corrected chi connectivity index (χ3v) is 6.73. The van der Waals surface area contributed by atoms with Crippen LogP contribution in [0.25, 0.3) is 0 Å². The number of ketones is 1. The lowest BCUT2D eigenvalue weighted by atomic mass is 9.80. The SMILES string of the molecule is COC(C)(C)[C@H](C)OC(=O)c1[nH]c2c(c1C)C(=O)C[C@H](c1ccc(C(C)(C)C)cc1)C2. The summed E-state index contributed by atoms with van der Waals surface area (Å²) in [5, 5.41) is 0. The molecule has 5 nitrogen and oxygen atoms in total. The number of H-pyrrole nitrogens is 1. The van der Waals surface area contributed by atoms with Crippen LogP contribution in [0.15, 0.2) is 24.3 Å². The Morgan fingerprint density at radius 1 is 1.10 bits per heavy atom. The van der Waals surface area contributed by atoms with Crippen molar-refractivity contribution < 1.29 is 19.1 Å². The minimum absolute atomic E-state index is 0.0733. The topological polar surface area (TPSA) is 68.4 Å². The van der Waals surface area contributed by atoms with E-state index < -0.39 is 17.7 Å². The van der Waals surface area contributed by atoms with Gasteiger partial charge in [-0.05, 0) is 62.1 Å². The molecule has 1 aliphatic rings. The molecule has 168 valence electrons. The van der Waals surface area contributed by atoms with Gasteiger partial charge in [0.05, 0.1) is 5.60 Å². The van der Waals surface area contributed by atoms with Crippen LogP contribution in [0.3, 0.4) is 0 Å². The molecular weight excluding hydrogens is 390 g/mol. The van der Waals surface area contributed by atoms with E-state index >= 15 is 0 Å². The average molecular weight is 426 g/mol. The van der Waals surface area contributed by atoms with Crippen LogP contribution in [0.2, 0.25) is 0 Å². The van der Waals surface area contributed by atoms with Crippen molar-refractivity contribution in [2.24, 2.45) is 0 Å². The van der Waals surface area contributed by atoms with Gasteiger partial charge < -0.3 is 14.5 Å². The summed E-state index contributed by atoms with van der Waals surface area (Å²) in [5.41, 5.74) is 4.42. The Kier molecular flexibility index (Phi) is 6.21. The van der Waals surface area contributed by atoms with Gasteiger partial charge in [-0.15, -0.1) is 0 Å². The molecule has 0 saturated carbocycles. The summed E-state index contributed by atoms with van der Waals surface area (Å²) in [4.78, 5) is 29.0. The third-order valence-electron chi connectivity index (χ3n) is 6.73. The lowest BCUT2D eigenvalue weighted by Gasteiger charge is -2.29. The monoisotopic (exact) mass is 425 g/mol. The van der Waals surface area contributed by atoms with Gasteiger partial charge in [-0.25, -0.2) is 4.79 Å². The minimum Gasteiger partial charge on any atom is -0.455 e. The van der Waals surface area contributed by atoms with Crippen molar-refractivity contribution in [3.8, 4) is 0 Å². The number of esters is 1. The van der Waals surface area contributed by atoms with Gasteiger partial charge in [0.15, 0.2) is 5.78 Å². The summed E-state index contributed by atoms with van der Waals surface area (Å²) in [5.74, 6) is -0.282. The Bertz CT molecular complexity index is 976. The first-order valence-corrected chi connectivity index (χ1v) is 11.0. The van der Waals surface area contributed by atoms with E-state index in [1.165, 1.54) is 5.56 Å². The van der Waals surface area contributed by atoms with Crippen LogP contribution < -0.4 is 0 Å². The zero-order valence-electron chi connectivity index (χ0n) is 20.0. The molecule has 1 aromatic heterocycles. The molecular formula is C26H35NO4. The first-order chi connectivity index (χ1) is 14.3. The van der Waals surface area contributed by atoms with Gasteiger partial charge in [0, 0.05) is 24.8 Å². The van der Waals surface area contributed by atoms with E-state index in [9.17, 15) is 9.59 Å². The molecule has 1 aliphatic carbocycles. The Morgan fingerprint density at radius 3 is 2.26 bits per heavy atom. The molecule has 2 aromatic rings. The molecule has 2 atom stereocenters. The Balaban J connectivity index is 1.83. The summed E-state index contributed by atoms with van der Waals surface area (Å²) in [7, 11) is 1.59. The van der Waals surface area contributed by atoms with Gasteiger partial charge in [-0.2, -0.15) is 0 Å². The molecule has 0 spiro atoms. The molecule has 31 heavy (non-hydrogen) atoms. The highest BCUT2D eigenvalue weighted by molar-refractivity contribution is 6.03. The van der Waals surface area contributed by atoms with Gasteiger partial charge >= 0.3 is 5.97 Å². The van der Waals surface area contributed by atoms with Crippen LogP contribution in [0.4, 0.5) is 0 Å². The predicted octanol–water partition coefficient (Wildman–Crippen LogP) is 5.50. The number of hydrogen-bond donors (Lipinski definition) is 1. The van der Waals surface area contributed by atoms with Gasteiger partial charge in [-0.1, -0.05) is 45.0 Å². The number of fused-ring (bicyclic) bond motifs is 1. The van der Waals surface area contributed by atoms with Crippen LogP contribution in [0.5, 0.6) is 0 Å². The summed E-state index contributed by atoms with van der Waals surface area (Å²) >= 11 is 0. The number of carbonyl (C=O) groups excluding carboxylic acids is 2. The third kappa shape index (κ3) is 4.62. The molecule has 1 aromatic carbocycles. The molecule has 3 rings (SSSR count). The van der Waals surface area contributed by atoms with Crippen LogP contribution >= 0.6 is 0 Å². The number of nitrogens with one attached hydrogen (secondary N) is 1. The van der Waals surface area contributed by atoms with E-state index in [0.717, 1.165) is 11.3 Å². The fourth-order valence-corrected chi connectivity index (χ4v) is 4.06. The second-order valence-corrected chi connectivity index (χ2v) is 10.2. The predicted molar refractivity (Wildman–Crippen MR) is 122 cm³/mol. The molecule has 0 amide bonds. The fourth-order valence-electron chi connectivity index (χ4n) is 4.06. The maximum Gasteiger partial charge on any atom is 0.355 e. The highest BCUT2D eigenvalue weighted by atomic mass is 16.6. The van der Waals surface area contributed by atoms with Crippen molar-refractivity contribution in [2.45, 2.75) is 84.3 Å². The Morgan fingerprint density at radius 2 is 1.71 bits per heavy atom. The molecule has 1 heterocycles. The van der Waals surface area contributed by atoms with Gasteiger partial charge in [0.25, 0.3) is 0 Å². The molecule has 1 N–H and O–H groups in total. The van der Waals surface area contributed by atoms with Crippen molar-refractivity contribution in [3.63, 3.8) is 0 Å². The van der Waals surface area contributed by atoms with E-state index in [4.69, 9.17) is 9.47 Å². The first-order valence-electron chi connectivity index (χ1n) is 11.0. The summed E-state index contributed by atoms with van der Waals surface area (Å²) in [6, 6.07) is 8.56. The van der Waals surface area contributed by atoms with Crippen molar-refractivity contribution in [1.29, 1.82) is 0 Å². The summed E-state index contributed by atoms with van der Waals surface area (Å²) in [6.07, 6.45) is 0.709. The highest BCUT2D eigenvalue weighted by Gasteiger charge is 2.34. The molecule has 0 saturated heterocycles. The second-order valence-electron chi connectivity index (χ2n) is 10.2. The lowest BCUT2D eigenvalue weighted by Crippen LogP contribution is -2.39. The largest absolute Gasteiger partial charge is 0.455 e. The first kappa shape index (κ1) is 23.3. The maximum absolute atomic E-state index is 13.0. The van der Waals surface area contributed by atoms with Gasteiger partial charge in [0.1, 0.15) is 11.8 Å². The quantitative estimate of drug-likeness (QED) is 0.642. The second kappa shape index (κ2) is 8.27. The van der Waals surface area contributed by atoms with Gasteiger partial charge in [0.2, 0.25) is 0 Å². The van der Waals surface area contributed by atoms with Crippen molar-refractivity contribution in [1.82, 2.24) is 4.98 Å². The molecule has 0 aliphatic heterocycles. The lowest BCUT2D eigenvalue weighted by molar-refractivity contribution is -0.0797. The van der Waals surface area contributed by atoms with E-state index in [0.29, 0.717) is 29.7 Å². The number of carbonyl (C=O) groups is 2. The number of benzene rings is 1. The number of ether oxygens (including phenoxy) is 2. The number of hydrogen-bond acceptors (Lipinski definition) is 4. The van der Waals surface area contributed by atoms with Crippen molar-refractivity contribution >= 4 is 11.8 Å². The smallest absolute Gasteiger partial charge is 0.355 e. The number of aromatic amines is 1. The standard InChI is InChI=1S/C26H35NO4/c1-15-22-20(27-23(15)24(29)31-16(2)26(6,7)30-8)13-18(14-21(22)28)17-9-11-19(12-10-17)25(3,4)5/h9-12,16,18,27H,13-14H2,1-8H3/t16-,18+/m0/s1. The zero-order chi connectivity index (χ0) is 23.1.